The lowest BCUT2D eigenvalue weighted by molar-refractivity contribution is 0.0478. The average molecular weight is 276 g/mol. The number of ether oxygens (including phenoxy) is 1. The number of fused-ring (bicyclic) bond motifs is 1. The first-order chi connectivity index (χ1) is 9.74. The number of hydrogen-bond donors (Lipinski definition) is 2. The molecule has 0 amide bonds. The standard InChI is InChI=1S/C16H24N2O2/c1-11-10-15(18-14-5-3-2-4-13(11)14)16(19)17-12-6-8-20-9-7-12/h10,12,16-17,19H,2-9H2,1H3. The normalized spacial score (nSPS) is 21.5. The van der Waals surface area contributed by atoms with Crippen molar-refractivity contribution in [3.8, 4) is 0 Å². The molecular weight excluding hydrogens is 252 g/mol. The van der Waals surface area contributed by atoms with Crippen LogP contribution in [0, 0.1) is 6.92 Å². The molecule has 1 aliphatic carbocycles. The van der Waals surface area contributed by atoms with E-state index in [1.165, 1.54) is 29.7 Å². The van der Waals surface area contributed by atoms with Crippen molar-refractivity contribution >= 4 is 0 Å². The van der Waals surface area contributed by atoms with Gasteiger partial charge in [0, 0.05) is 24.9 Å². The lowest BCUT2D eigenvalue weighted by Gasteiger charge is -2.27. The van der Waals surface area contributed by atoms with Crippen LogP contribution in [0.3, 0.4) is 0 Å². The van der Waals surface area contributed by atoms with Crippen LogP contribution in [0.25, 0.3) is 0 Å². The summed E-state index contributed by atoms with van der Waals surface area (Å²) in [6.07, 6.45) is 5.92. The van der Waals surface area contributed by atoms with Crippen LogP contribution < -0.4 is 5.32 Å². The number of nitrogens with zero attached hydrogens (tertiary/aromatic N) is 1. The third kappa shape index (κ3) is 3.03. The highest BCUT2D eigenvalue weighted by Gasteiger charge is 2.21. The summed E-state index contributed by atoms with van der Waals surface area (Å²) in [4.78, 5) is 4.70. The zero-order valence-electron chi connectivity index (χ0n) is 12.2. The van der Waals surface area contributed by atoms with E-state index in [-0.39, 0.29) is 0 Å². The van der Waals surface area contributed by atoms with Crippen molar-refractivity contribution in [3.63, 3.8) is 0 Å². The minimum absolute atomic E-state index is 0.330. The van der Waals surface area contributed by atoms with E-state index in [4.69, 9.17) is 9.72 Å². The Morgan fingerprint density at radius 2 is 2.05 bits per heavy atom. The molecule has 1 unspecified atom stereocenters. The second kappa shape index (κ2) is 6.20. The fourth-order valence-corrected chi connectivity index (χ4v) is 3.25. The van der Waals surface area contributed by atoms with Gasteiger partial charge in [-0.05, 0) is 62.6 Å². The SMILES string of the molecule is Cc1cc(C(O)NC2CCOCC2)nc2c1CCCC2. The third-order valence-corrected chi connectivity index (χ3v) is 4.44. The summed E-state index contributed by atoms with van der Waals surface area (Å²) < 4.78 is 5.34. The highest BCUT2D eigenvalue weighted by atomic mass is 16.5. The van der Waals surface area contributed by atoms with Crippen LogP contribution in [0.5, 0.6) is 0 Å². The minimum Gasteiger partial charge on any atom is -0.381 e. The molecule has 2 heterocycles. The number of aliphatic hydroxyl groups is 1. The van der Waals surface area contributed by atoms with Crippen molar-refractivity contribution in [2.24, 2.45) is 0 Å². The Labute approximate surface area is 120 Å². The highest BCUT2D eigenvalue weighted by Crippen LogP contribution is 2.25. The number of hydrogen-bond acceptors (Lipinski definition) is 4. The fourth-order valence-electron chi connectivity index (χ4n) is 3.25. The Balaban J connectivity index is 1.73. The van der Waals surface area contributed by atoms with Gasteiger partial charge in [0.2, 0.25) is 0 Å². The smallest absolute Gasteiger partial charge is 0.148 e. The highest BCUT2D eigenvalue weighted by molar-refractivity contribution is 5.34. The van der Waals surface area contributed by atoms with Crippen LogP contribution in [0.2, 0.25) is 0 Å². The van der Waals surface area contributed by atoms with E-state index in [9.17, 15) is 5.11 Å². The van der Waals surface area contributed by atoms with Gasteiger partial charge in [-0.15, -0.1) is 0 Å². The molecule has 1 aromatic rings. The third-order valence-electron chi connectivity index (χ3n) is 4.44. The van der Waals surface area contributed by atoms with Crippen LogP contribution in [0.1, 0.15) is 54.4 Å². The summed E-state index contributed by atoms with van der Waals surface area (Å²) in [7, 11) is 0. The van der Waals surface area contributed by atoms with E-state index in [2.05, 4.69) is 12.2 Å². The number of rotatable bonds is 3. The largest absolute Gasteiger partial charge is 0.381 e. The zero-order valence-corrected chi connectivity index (χ0v) is 12.2. The van der Waals surface area contributed by atoms with Gasteiger partial charge in [0.15, 0.2) is 0 Å². The molecule has 0 aromatic carbocycles. The lowest BCUT2D eigenvalue weighted by atomic mass is 9.92. The minimum atomic E-state index is -0.663. The Bertz CT molecular complexity index is 470. The summed E-state index contributed by atoms with van der Waals surface area (Å²) in [6.45, 7) is 3.69. The molecule has 0 saturated carbocycles. The summed E-state index contributed by atoms with van der Waals surface area (Å²) in [5.74, 6) is 0. The number of pyridine rings is 1. The molecule has 2 aliphatic rings. The molecule has 1 atom stereocenters. The molecule has 0 spiro atoms. The van der Waals surface area contributed by atoms with Gasteiger partial charge in [0.05, 0.1) is 5.69 Å². The van der Waals surface area contributed by atoms with Crippen LogP contribution in [0.15, 0.2) is 6.07 Å². The molecule has 3 rings (SSSR count). The van der Waals surface area contributed by atoms with Crippen molar-refractivity contribution in [1.82, 2.24) is 10.3 Å². The lowest BCUT2D eigenvalue weighted by Crippen LogP contribution is -2.37. The van der Waals surface area contributed by atoms with Gasteiger partial charge < -0.3 is 9.84 Å². The topological polar surface area (TPSA) is 54.4 Å². The molecule has 1 fully saturated rings. The number of aromatic nitrogens is 1. The van der Waals surface area contributed by atoms with Crippen LogP contribution in [-0.2, 0) is 17.6 Å². The Hall–Kier alpha value is -0.970. The second-order valence-electron chi connectivity index (χ2n) is 5.95. The van der Waals surface area contributed by atoms with E-state index in [0.29, 0.717) is 6.04 Å². The van der Waals surface area contributed by atoms with Gasteiger partial charge >= 0.3 is 0 Å². The first-order valence-electron chi connectivity index (χ1n) is 7.75. The molecular formula is C16H24N2O2. The molecule has 1 aromatic heterocycles. The fraction of sp³-hybridized carbons (Fsp3) is 0.688. The zero-order chi connectivity index (χ0) is 13.9. The number of nitrogens with one attached hydrogen (secondary N) is 1. The quantitative estimate of drug-likeness (QED) is 0.829. The van der Waals surface area contributed by atoms with Gasteiger partial charge in [-0.2, -0.15) is 0 Å². The van der Waals surface area contributed by atoms with Gasteiger partial charge in [-0.3, -0.25) is 10.3 Å². The van der Waals surface area contributed by atoms with Crippen molar-refractivity contribution < 1.29 is 9.84 Å². The van der Waals surface area contributed by atoms with Crippen LogP contribution in [0.4, 0.5) is 0 Å². The van der Waals surface area contributed by atoms with Crippen LogP contribution in [-0.4, -0.2) is 29.3 Å². The molecule has 4 nitrogen and oxygen atoms in total. The Morgan fingerprint density at radius 1 is 1.30 bits per heavy atom. The monoisotopic (exact) mass is 276 g/mol. The molecule has 1 saturated heterocycles. The van der Waals surface area contributed by atoms with Gasteiger partial charge in [-0.1, -0.05) is 0 Å². The van der Waals surface area contributed by atoms with E-state index in [1.54, 1.807) is 0 Å². The van der Waals surface area contributed by atoms with Crippen molar-refractivity contribution in [3.05, 3.63) is 28.6 Å². The maximum absolute atomic E-state index is 10.4. The van der Waals surface area contributed by atoms with E-state index < -0.39 is 6.23 Å². The number of aliphatic hydroxyl groups excluding tert-OH is 1. The van der Waals surface area contributed by atoms with Crippen LogP contribution >= 0.6 is 0 Å². The van der Waals surface area contributed by atoms with Gasteiger partial charge in [-0.25, -0.2) is 0 Å². The second-order valence-corrected chi connectivity index (χ2v) is 5.95. The van der Waals surface area contributed by atoms with Crippen molar-refractivity contribution in [1.29, 1.82) is 0 Å². The molecule has 4 heteroatoms. The van der Waals surface area contributed by atoms with Gasteiger partial charge in [0.1, 0.15) is 6.23 Å². The summed E-state index contributed by atoms with van der Waals surface area (Å²) in [5.41, 5.74) is 4.64. The maximum atomic E-state index is 10.4. The molecule has 20 heavy (non-hydrogen) atoms. The molecule has 2 N–H and O–H groups in total. The van der Waals surface area contributed by atoms with E-state index >= 15 is 0 Å². The van der Waals surface area contributed by atoms with E-state index in [0.717, 1.165) is 44.6 Å². The summed E-state index contributed by atoms with van der Waals surface area (Å²) in [5, 5.41) is 13.7. The molecule has 0 bridgehead atoms. The summed E-state index contributed by atoms with van der Waals surface area (Å²) in [6, 6.07) is 2.37. The molecule has 1 aliphatic heterocycles. The van der Waals surface area contributed by atoms with Gasteiger partial charge in [0.25, 0.3) is 0 Å². The maximum Gasteiger partial charge on any atom is 0.148 e. The summed E-state index contributed by atoms with van der Waals surface area (Å²) >= 11 is 0. The average Bonchev–Trinajstić information content (AvgIpc) is 2.48. The van der Waals surface area contributed by atoms with Crippen molar-refractivity contribution in [2.45, 2.75) is 57.7 Å². The number of aryl methyl sites for hydroxylation is 2. The Morgan fingerprint density at radius 3 is 2.85 bits per heavy atom. The predicted octanol–water partition coefficient (Wildman–Crippen LogP) is 2.03. The van der Waals surface area contributed by atoms with Crippen molar-refractivity contribution in [2.75, 3.05) is 13.2 Å². The van der Waals surface area contributed by atoms with E-state index in [1.807, 2.05) is 6.07 Å². The Kier molecular flexibility index (Phi) is 4.34. The first-order valence-corrected chi connectivity index (χ1v) is 7.75. The predicted molar refractivity (Wildman–Crippen MR) is 77.6 cm³/mol. The molecule has 110 valence electrons. The molecule has 0 radical (unpaired) electrons. The first kappa shape index (κ1) is 14.0.